The molecule has 0 saturated carbocycles. The molecule has 0 aromatic rings. The average Bonchev–Trinajstić information content (AvgIpc) is 2.30. The van der Waals surface area contributed by atoms with Crippen LogP contribution < -0.4 is 0 Å². The Bertz CT molecular complexity index is 217. The lowest BCUT2D eigenvalue weighted by atomic mass is 10.2. The third kappa shape index (κ3) is 1.48. The summed E-state index contributed by atoms with van der Waals surface area (Å²) in [6.45, 7) is 2.16. The van der Waals surface area contributed by atoms with Gasteiger partial charge in [0.2, 0.25) is 0 Å². The summed E-state index contributed by atoms with van der Waals surface area (Å²) < 4.78 is 13.2. The van der Waals surface area contributed by atoms with E-state index in [0.29, 0.717) is 13.0 Å². The third-order valence-electron chi connectivity index (χ3n) is 1.63. The number of aliphatic carboxylic acids is 1. The Morgan fingerprint density at radius 3 is 2.82 bits per heavy atom. The van der Waals surface area contributed by atoms with Crippen molar-refractivity contribution in [1.29, 1.82) is 0 Å². The molecule has 0 aliphatic carbocycles. The first-order valence-electron chi connectivity index (χ1n) is 3.16. The maximum atomic E-state index is 12.0. The summed E-state index contributed by atoms with van der Waals surface area (Å²) in [5, 5.41) is 8.61. The Kier molecular flexibility index (Phi) is 2.38. The molecule has 1 N–H and O–H groups in total. The van der Waals surface area contributed by atoms with Gasteiger partial charge in [-0.05, 0) is 18.9 Å². The van der Waals surface area contributed by atoms with Crippen molar-refractivity contribution in [1.82, 2.24) is 4.31 Å². The Morgan fingerprint density at radius 2 is 2.45 bits per heavy atom. The van der Waals surface area contributed by atoms with E-state index in [1.165, 1.54) is 0 Å². The van der Waals surface area contributed by atoms with Crippen molar-refractivity contribution in [3.63, 3.8) is 0 Å². The third-order valence-corrected chi connectivity index (χ3v) is 2.16. The highest BCUT2D eigenvalue weighted by Crippen LogP contribution is 2.29. The monoisotopic (exact) mass is 177 g/mol. The van der Waals surface area contributed by atoms with Gasteiger partial charge in [-0.2, -0.15) is 0 Å². The SMILES string of the molecule is CC1=C(C(=O)O)N(SF)CC1. The van der Waals surface area contributed by atoms with E-state index in [9.17, 15) is 8.68 Å². The normalized spacial score (nSPS) is 17.8. The van der Waals surface area contributed by atoms with E-state index < -0.39 is 5.97 Å². The molecule has 1 aliphatic heterocycles. The minimum atomic E-state index is -1.05. The van der Waals surface area contributed by atoms with Crippen LogP contribution in [0.15, 0.2) is 11.3 Å². The minimum absolute atomic E-state index is 0.0328. The van der Waals surface area contributed by atoms with Crippen LogP contribution in [0, 0.1) is 0 Å². The molecule has 62 valence electrons. The molecule has 1 rings (SSSR count). The molecular weight excluding hydrogens is 169 g/mol. The molecule has 0 radical (unpaired) electrons. The number of hydrogen-bond acceptors (Lipinski definition) is 3. The molecule has 0 unspecified atom stereocenters. The van der Waals surface area contributed by atoms with Crippen LogP contribution in [0.1, 0.15) is 13.3 Å². The highest BCUT2D eigenvalue weighted by atomic mass is 32.2. The zero-order valence-corrected chi connectivity index (χ0v) is 6.82. The second-order valence-corrected chi connectivity index (χ2v) is 2.93. The largest absolute Gasteiger partial charge is 0.477 e. The summed E-state index contributed by atoms with van der Waals surface area (Å²) >= 11 is -0.0328. The molecule has 1 aliphatic rings. The standard InChI is InChI=1S/C6H8FNO2S/c1-4-2-3-8(11-7)5(4)6(9)10/h2-3H2,1H3,(H,9,10). The predicted octanol–water partition coefficient (Wildman–Crippen LogP) is 1.58. The van der Waals surface area contributed by atoms with Gasteiger partial charge in [-0.3, -0.25) is 4.31 Å². The molecule has 1 heterocycles. The molecule has 0 spiro atoms. The van der Waals surface area contributed by atoms with Crippen LogP contribution in [0.4, 0.5) is 3.89 Å². The summed E-state index contributed by atoms with van der Waals surface area (Å²) in [6, 6.07) is 0. The molecule has 0 atom stereocenters. The zero-order chi connectivity index (χ0) is 8.43. The molecule has 0 fully saturated rings. The van der Waals surface area contributed by atoms with E-state index in [1.807, 2.05) is 0 Å². The second-order valence-electron chi connectivity index (χ2n) is 2.36. The van der Waals surface area contributed by atoms with Crippen molar-refractivity contribution in [2.45, 2.75) is 13.3 Å². The van der Waals surface area contributed by atoms with Crippen LogP contribution >= 0.6 is 12.3 Å². The summed E-state index contributed by atoms with van der Waals surface area (Å²) in [4.78, 5) is 10.5. The van der Waals surface area contributed by atoms with E-state index in [1.54, 1.807) is 6.92 Å². The second kappa shape index (κ2) is 3.13. The molecule has 3 nitrogen and oxygen atoms in total. The van der Waals surface area contributed by atoms with Crippen molar-refractivity contribution in [3.05, 3.63) is 11.3 Å². The van der Waals surface area contributed by atoms with Crippen LogP contribution in [0.2, 0.25) is 0 Å². The van der Waals surface area contributed by atoms with Gasteiger partial charge in [0.25, 0.3) is 0 Å². The summed E-state index contributed by atoms with van der Waals surface area (Å²) in [7, 11) is 0. The number of rotatable bonds is 2. The topological polar surface area (TPSA) is 40.5 Å². The Balaban J connectivity index is 2.84. The highest BCUT2D eigenvalue weighted by molar-refractivity contribution is 7.92. The van der Waals surface area contributed by atoms with Gasteiger partial charge in [0.05, 0.1) is 0 Å². The van der Waals surface area contributed by atoms with E-state index in [0.717, 1.165) is 9.88 Å². The molecule has 0 aromatic heterocycles. The van der Waals surface area contributed by atoms with Crippen molar-refractivity contribution in [2.75, 3.05) is 6.54 Å². The molecule has 0 aromatic carbocycles. The van der Waals surface area contributed by atoms with Crippen molar-refractivity contribution in [2.24, 2.45) is 0 Å². The first-order valence-corrected chi connectivity index (χ1v) is 3.83. The Hall–Kier alpha value is -0.710. The quantitative estimate of drug-likeness (QED) is 0.650. The fourth-order valence-electron chi connectivity index (χ4n) is 1.07. The summed E-state index contributed by atoms with van der Waals surface area (Å²) in [5.41, 5.74) is 0.833. The fourth-order valence-corrected chi connectivity index (χ4v) is 1.53. The molecular formula is C6H8FNO2S. The van der Waals surface area contributed by atoms with E-state index in [-0.39, 0.29) is 18.0 Å². The summed E-state index contributed by atoms with van der Waals surface area (Å²) in [6.07, 6.45) is 0.637. The lowest BCUT2D eigenvalue weighted by Gasteiger charge is -2.11. The fraction of sp³-hybridized carbons (Fsp3) is 0.500. The maximum absolute atomic E-state index is 12.0. The van der Waals surface area contributed by atoms with Gasteiger partial charge >= 0.3 is 5.97 Å². The van der Waals surface area contributed by atoms with Gasteiger partial charge in [-0.25, -0.2) is 4.79 Å². The maximum Gasteiger partial charge on any atom is 0.353 e. The smallest absolute Gasteiger partial charge is 0.353 e. The zero-order valence-electron chi connectivity index (χ0n) is 6.00. The van der Waals surface area contributed by atoms with Crippen LogP contribution in [0.3, 0.4) is 0 Å². The van der Waals surface area contributed by atoms with E-state index >= 15 is 0 Å². The molecule has 5 heteroatoms. The number of carboxylic acids is 1. The molecule has 0 bridgehead atoms. The predicted molar refractivity (Wildman–Crippen MR) is 40.4 cm³/mol. The van der Waals surface area contributed by atoms with Crippen molar-refractivity contribution >= 4 is 18.3 Å². The number of nitrogens with zero attached hydrogens (tertiary/aromatic N) is 1. The van der Waals surface area contributed by atoms with E-state index in [4.69, 9.17) is 5.11 Å². The molecule has 0 saturated heterocycles. The van der Waals surface area contributed by atoms with Crippen LogP contribution in [-0.4, -0.2) is 21.9 Å². The van der Waals surface area contributed by atoms with Crippen LogP contribution in [0.25, 0.3) is 0 Å². The Morgan fingerprint density at radius 1 is 1.82 bits per heavy atom. The Labute approximate surface area is 68.3 Å². The van der Waals surface area contributed by atoms with Crippen LogP contribution in [0.5, 0.6) is 0 Å². The molecule has 11 heavy (non-hydrogen) atoms. The van der Waals surface area contributed by atoms with Gasteiger partial charge in [0.15, 0.2) is 12.3 Å². The van der Waals surface area contributed by atoms with Crippen molar-refractivity contribution in [3.8, 4) is 0 Å². The highest BCUT2D eigenvalue weighted by Gasteiger charge is 2.26. The number of carbonyl (C=O) groups is 1. The average molecular weight is 177 g/mol. The van der Waals surface area contributed by atoms with Crippen molar-refractivity contribution < 1.29 is 13.8 Å². The minimum Gasteiger partial charge on any atom is -0.477 e. The van der Waals surface area contributed by atoms with Crippen LogP contribution in [-0.2, 0) is 4.79 Å². The lowest BCUT2D eigenvalue weighted by Crippen LogP contribution is -2.16. The summed E-state index contributed by atoms with van der Waals surface area (Å²) in [5.74, 6) is -1.05. The number of halogens is 1. The lowest BCUT2D eigenvalue weighted by molar-refractivity contribution is -0.133. The van der Waals surface area contributed by atoms with Gasteiger partial charge in [-0.15, -0.1) is 3.89 Å². The van der Waals surface area contributed by atoms with E-state index in [2.05, 4.69) is 0 Å². The van der Waals surface area contributed by atoms with Gasteiger partial charge in [-0.1, -0.05) is 0 Å². The van der Waals surface area contributed by atoms with Gasteiger partial charge in [0.1, 0.15) is 5.70 Å². The molecule has 0 amide bonds. The van der Waals surface area contributed by atoms with Gasteiger partial charge in [0, 0.05) is 6.54 Å². The first-order chi connectivity index (χ1) is 5.16. The number of hydrogen-bond donors (Lipinski definition) is 1. The first kappa shape index (κ1) is 8.39. The van der Waals surface area contributed by atoms with Gasteiger partial charge < -0.3 is 5.11 Å². The number of carboxylic acid groups (broad SMARTS) is 1.